The molecule has 2 aromatic carbocycles. The standard InChI is InChI=1S/C17H13N5O2/c1-24-16-8-7-12(10-18)9-14(16)20-17(23)15-11-19-22(21-15)13-5-3-2-4-6-13/h2-9,11H,1H3,(H,20,23). The number of nitriles is 1. The fourth-order valence-electron chi connectivity index (χ4n) is 2.11. The van der Waals surface area contributed by atoms with E-state index in [4.69, 9.17) is 10.00 Å². The van der Waals surface area contributed by atoms with E-state index in [1.165, 1.54) is 18.1 Å². The van der Waals surface area contributed by atoms with Crippen LogP contribution in [0.4, 0.5) is 5.69 Å². The van der Waals surface area contributed by atoms with Gasteiger partial charge in [-0.05, 0) is 30.3 Å². The fraction of sp³-hybridized carbons (Fsp3) is 0.0588. The molecule has 0 radical (unpaired) electrons. The molecule has 3 aromatic rings. The van der Waals surface area contributed by atoms with Crippen molar-refractivity contribution in [2.24, 2.45) is 0 Å². The van der Waals surface area contributed by atoms with Gasteiger partial charge in [0, 0.05) is 0 Å². The second-order valence-electron chi connectivity index (χ2n) is 4.84. The minimum atomic E-state index is -0.439. The predicted octanol–water partition coefficient (Wildman–Crippen LogP) is 2.40. The molecule has 24 heavy (non-hydrogen) atoms. The Morgan fingerprint density at radius 1 is 1.25 bits per heavy atom. The number of carbonyl (C=O) groups excluding carboxylic acids is 1. The molecule has 7 nitrogen and oxygen atoms in total. The zero-order chi connectivity index (χ0) is 16.9. The van der Waals surface area contributed by atoms with Gasteiger partial charge in [-0.3, -0.25) is 4.79 Å². The Labute approximate surface area is 138 Å². The van der Waals surface area contributed by atoms with Crippen molar-refractivity contribution >= 4 is 11.6 Å². The lowest BCUT2D eigenvalue weighted by Gasteiger charge is -2.09. The number of amides is 1. The normalized spacial score (nSPS) is 10.0. The van der Waals surface area contributed by atoms with Crippen LogP contribution in [0.5, 0.6) is 5.75 Å². The SMILES string of the molecule is COc1ccc(C#N)cc1NC(=O)c1cnn(-c2ccccc2)n1. The Morgan fingerprint density at radius 2 is 2.04 bits per heavy atom. The summed E-state index contributed by atoms with van der Waals surface area (Å²) in [4.78, 5) is 13.7. The first-order valence-electron chi connectivity index (χ1n) is 7.08. The molecule has 0 aliphatic heterocycles. The molecular formula is C17H13N5O2. The van der Waals surface area contributed by atoms with Crippen LogP contribution in [-0.2, 0) is 0 Å². The molecule has 1 heterocycles. The van der Waals surface area contributed by atoms with Crippen LogP contribution in [0, 0.1) is 11.3 Å². The Hall–Kier alpha value is -3.66. The van der Waals surface area contributed by atoms with Crippen molar-refractivity contribution in [1.29, 1.82) is 5.26 Å². The second kappa shape index (κ2) is 6.62. The van der Waals surface area contributed by atoms with E-state index in [0.717, 1.165) is 5.69 Å². The summed E-state index contributed by atoms with van der Waals surface area (Å²) in [6, 6.07) is 16.1. The van der Waals surface area contributed by atoms with Gasteiger partial charge in [0.05, 0.1) is 36.3 Å². The van der Waals surface area contributed by atoms with Crippen molar-refractivity contribution in [2.75, 3.05) is 12.4 Å². The number of nitrogens with one attached hydrogen (secondary N) is 1. The molecule has 0 saturated heterocycles. The zero-order valence-electron chi connectivity index (χ0n) is 12.8. The summed E-state index contributed by atoms with van der Waals surface area (Å²) in [5.74, 6) is 0.0170. The Morgan fingerprint density at radius 3 is 2.75 bits per heavy atom. The minimum Gasteiger partial charge on any atom is -0.495 e. The summed E-state index contributed by atoms with van der Waals surface area (Å²) in [6.07, 6.45) is 1.38. The Bertz CT molecular complexity index is 912. The molecule has 0 aliphatic carbocycles. The average Bonchev–Trinajstić information content (AvgIpc) is 3.12. The van der Waals surface area contributed by atoms with Crippen LogP contribution in [0.15, 0.2) is 54.7 Å². The second-order valence-corrected chi connectivity index (χ2v) is 4.84. The fourth-order valence-corrected chi connectivity index (χ4v) is 2.11. The summed E-state index contributed by atoms with van der Waals surface area (Å²) in [6.45, 7) is 0. The van der Waals surface area contributed by atoms with Gasteiger partial charge in [-0.15, -0.1) is 5.10 Å². The summed E-state index contributed by atoms with van der Waals surface area (Å²) in [5, 5.41) is 19.9. The van der Waals surface area contributed by atoms with Gasteiger partial charge in [-0.25, -0.2) is 0 Å². The number of hydrogen-bond acceptors (Lipinski definition) is 5. The van der Waals surface area contributed by atoms with Gasteiger partial charge in [-0.1, -0.05) is 18.2 Å². The van der Waals surface area contributed by atoms with Crippen LogP contribution < -0.4 is 10.1 Å². The van der Waals surface area contributed by atoms with Gasteiger partial charge in [0.1, 0.15) is 5.75 Å². The van der Waals surface area contributed by atoms with E-state index < -0.39 is 5.91 Å². The number of aromatic nitrogens is 3. The van der Waals surface area contributed by atoms with Gasteiger partial charge in [0.2, 0.25) is 0 Å². The number of para-hydroxylation sites is 1. The van der Waals surface area contributed by atoms with Crippen LogP contribution in [0.3, 0.4) is 0 Å². The van der Waals surface area contributed by atoms with E-state index in [-0.39, 0.29) is 5.69 Å². The quantitative estimate of drug-likeness (QED) is 0.797. The maximum atomic E-state index is 12.4. The monoisotopic (exact) mass is 319 g/mol. The number of ether oxygens (including phenoxy) is 1. The molecular weight excluding hydrogens is 306 g/mol. The lowest BCUT2D eigenvalue weighted by molar-refractivity contribution is 0.102. The number of methoxy groups -OCH3 is 1. The van der Waals surface area contributed by atoms with Crippen LogP contribution >= 0.6 is 0 Å². The number of rotatable bonds is 4. The van der Waals surface area contributed by atoms with E-state index in [0.29, 0.717) is 17.0 Å². The number of anilines is 1. The molecule has 0 bridgehead atoms. The molecule has 0 unspecified atom stereocenters. The topological polar surface area (TPSA) is 92.8 Å². The van der Waals surface area contributed by atoms with E-state index in [1.807, 2.05) is 36.4 Å². The van der Waals surface area contributed by atoms with E-state index >= 15 is 0 Å². The summed E-state index contributed by atoms with van der Waals surface area (Å²) < 4.78 is 5.19. The van der Waals surface area contributed by atoms with Crippen molar-refractivity contribution in [2.45, 2.75) is 0 Å². The summed E-state index contributed by atoms with van der Waals surface area (Å²) >= 11 is 0. The third-order valence-corrected chi connectivity index (χ3v) is 3.29. The molecule has 1 amide bonds. The predicted molar refractivity (Wildman–Crippen MR) is 87.0 cm³/mol. The smallest absolute Gasteiger partial charge is 0.277 e. The average molecular weight is 319 g/mol. The lowest BCUT2D eigenvalue weighted by atomic mass is 10.2. The number of hydrogen-bond donors (Lipinski definition) is 1. The van der Waals surface area contributed by atoms with Gasteiger partial charge in [0.25, 0.3) is 5.91 Å². The summed E-state index contributed by atoms with van der Waals surface area (Å²) in [5.41, 5.74) is 1.72. The molecule has 118 valence electrons. The zero-order valence-corrected chi connectivity index (χ0v) is 12.8. The first-order valence-corrected chi connectivity index (χ1v) is 7.08. The van der Waals surface area contributed by atoms with Crippen LogP contribution in [0.2, 0.25) is 0 Å². The third kappa shape index (κ3) is 3.08. The molecule has 7 heteroatoms. The molecule has 0 saturated carbocycles. The molecule has 1 N–H and O–H groups in total. The largest absolute Gasteiger partial charge is 0.495 e. The number of benzene rings is 2. The first-order chi connectivity index (χ1) is 11.7. The lowest BCUT2D eigenvalue weighted by Crippen LogP contribution is -2.14. The summed E-state index contributed by atoms with van der Waals surface area (Å²) in [7, 11) is 1.49. The van der Waals surface area contributed by atoms with Crippen molar-refractivity contribution in [3.05, 3.63) is 66.0 Å². The van der Waals surface area contributed by atoms with E-state index in [9.17, 15) is 4.79 Å². The highest BCUT2D eigenvalue weighted by atomic mass is 16.5. The first kappa shape index (κ1) is 15.2. The van der Waals surface area contributed by atoms with Crippen molar-refractivity contribution < 1.29 is 9.53 Å². The van der Waals surface area contributed by atoms with Crippen LogP contribution in [-0.4, -0.2) is 28.0 Å². The van der Waals surface area contributed by atoms with E-state index in [1.54, 1.807) is 18.2 Å². The number of nitrogens with zero attached hydrogens (tertiary/aromatic N) is 4. The maximum absolute atomic E-state index is 12.4. The Kier molecular flexibility index (Phi) is 4.21. The van der Waals surface area contributed by atoms with Crippen molar-refractivity contribution in [3.8, 4) is 17.5 Å². The van der Waals surface area contributed by atoms with E-state index in [2.05, 4.69) is 15.5 Å². The highest BCUT2D eigenvalue weighted by Crippen LogP contribution is 2.25. The van der Waals surface area contributed by atoms with Crippen molar-refractivity contribution in [3.63, 3.8) is 0 Å². The molecule has 0 aliphatic rings. The minimum absolute atomic E-state index is 0.156. The van der Waals surface area contributed by atoms with Crippen LogP contribution in [0.25, 0.3) is 5.69 Å². The molecule has 0 atom stereocenters. The van der Waals surface area contributed by atoms with Crippen LogP contribution in [0.1, 0.15) is 16.1 Å². The van der Waals surface area contributed by atoms with Gasteiger partial charge in [-0.2, -0.15) is 15.2 Å². The highest BCUT2D eigenvalue weighted by molar-refractivity contribution is 6.03. The third-order valence-electron chi connectivity index (χ3n) is 3.29. The molecule has 0 spiro atoms. The van der Waals surface area contributed by atoms with Crippen molar-refractivity contribution in [1.82, 2.24) is 15.0 Å². The maximum Gasteiger partial charge on any atom is 0.277 e. The highest BCUT2D eigenvalue weighted by Gasteiger charge is 2.14. The van der Waals surface area contributed by atoms with Gasteiger partial charge < -0.3 is 10.1 Å². The molecule has 0 fully saturated rings. The number of carbonyl (C=O) groups is 1. The van der Waals surface area contributed by atoms with Gasteiger partial charge in [0.15, 0.2) is 5.69 Å². The molecule has 1 aromatic heterocycles. The van der Waals surface area contributed by atoms with Gasteiger partial charge >= 0.3 is 0 Å². The molecule has 3 rings (SSSR count). The Balaban J connectivity index is 1.84.